The lowest BCUT2D eigenvalue weighted by Gasteiger charge is -2.12. The molecular weight excluding hydrogens is 286 g/mol. The first-order valence-corrected chi connectivity index (χ1v) is 7.69. The smallest absolute Gasteiger partial charge is 0.233 e. The highest BCUT2D eigenvalue weighted by atomic mass is 32.1. The van der Waals surface area contributed by atoms with E-state index in [1.165, 1.54) is 11.3 Å². The summed E-state index contributed by atoms with van der Waals surface area (Å²) in [6.45, 7) is 11.9. The van der Waals surface area contributed by atoms with Crippen LogP contribution in [0.2, 0.25) is 0 Å². The highest BCUT2D eigenvalue weighted by Crippen LogP contribution is 2.25. The number of hydrogen-bond acceptors (Lipinski definition) is 5. The van der Waals surface area contributed by atoms with E-state index in [1.807, 2.05) is 41.5 Å². The van der Waals surface area contributed by atoms with Gasteiger partial charge in [0.1, 0.15) is 5.76 Å². The number of nitrogens with zero attached hydrogens (tertiary/aromatic N) is 2. The van der Waals surface area contributed by atoms with Gasteiger partial charge in [-0.2, -0.15) is 0 Å². The Balaban J connectivity index is 2.08. The number of anilines is 1. The Morgan fingerprint density at radius 1 is 1.19 bits per heavy atom. The third kappa shape index (κ3) is 3.69. The van der Waals surface area contributed by atoms with Crippen molar-refractivity contribution < 1.29 is 9.21 Å². The average molecular weight is 307 g/mol. The van der Waals surface area contributed by atoms with Gasteiger partial charge in [0.15, 0.2) is 11.0 Å². The largest absolute Gasteiger partial charge is 0.444 e. The quantitative estimate of drug-likeness (QED) is 0.941. The minimum absolute atomic E-state index is 0.136. The zero-order chi connectivity index (χ0) is 15.8. The molecule has 1 N–H and O–H groups in total. The number of aromatic nitrogens is 2. The van der Waals surface area contributed by atoms with Crippen LogP contribution in [0.5, 0.6) is 0 Å². The lowest BCUT2D eigenvalue weighted by Crippen LogP contribution is -2.14. The van der Waals surface area contributed by atoms with Crippen molar-refractivity contribution in [3.05, 3.63) is 27.9 Å². The van der Waals surface area contributed by atoms with Gasteiger partial charge in [0.25, 0.3) is 0 Å². The van der Waals surface area contributed by atoms with Crippen molar-refractivity contribution in [2.45, 2.75) is 53.4 Å². The molecule has 2 rings (SSSR count). The molecule has 1 amide bonds. The molecule has 0 spiro atoms. The van der Waals surface area contributed by atoms with E-state index < -0.39 is 0 Å². The molecule has 0 fully saturated rings. The van der Waals surface area contributed by atoms with Crippen molar-refractivity contribution in [2.75, 3.05) is 5.32 Å². The second-order valence-electron chi connectivity index (χ2n) is 6.16. The van der Waals surface area contributed by atoms with Crippen LogP contribution in [0, 0.1) is 20.8 Å². The van der Waals surface area contributed by atoms with Gasteiger partial charge in [-0.15, -0.1) is 11.3 Å². The fourth-order valence-corrected chi connectivity index (χ4v) is 2.58. The molecule has 114 valence electrons. The first-order valence-electron chi connectivity index (χ1n) is 6.87. The summed E-state index contributed by atoms with van der Waals surface area (Å²) in [4.78, 5) is 21.9. The van der Waals surface area contributed by atoms with Crippen LogP contribution in [0.1, 0.15) is 48.7 Å². The lowest BCUT2D eigenvalue weighted by molar-refractivity contribution is -0.115. The maximum atomic E-state index is 12.1. The Labute approximate surface area is 128 Å². The van der Waals surface area contributed by atoms with E-state index in [0.29, 0.717) is 16.8 Å². The first-order chi connectivity index (χ1) is 9.66. The molecule has 0 radical (unpaired) electrons. The summed E-state index contributed by atoms with van der Waals surface area (Å²) in [5, 5.41) is 3.44. The molecule has 2 heterocycles. The second kappa shape index (κ2) is 5.60. The Morgan fingerprint density at radius 2 is 1.86 bits per heavy atom. The van der Waals surface area contributed by atoms with Gasteiger partial charge >= 0.3 is 0 Å². The van der Waals surface area contributed by atoms with E-state index >= 15 is 0 Å². The summed E-state index contributed by atoms with van der Waals surface area (Å²) in [7, 11) is 0. The lowest BCUT2D eigenvalue weighted by atomic mass is 9.97. The van der Waals surface area contributed by atoms with Crippen LogP contribution in [0.4, 0.5) is 5.13 Å². The van der Waals surface area contributed by atoms with Gasteiger partial charge in [0.05, 0.1) is 17.8 Å². The number of nitrogens with one attached hydrogen (secondary N) is 1. The summed E-state index contributed by atoms with van der Waals surface area (Å²) in [6, 6.07) is 0. The summed E-state index contributed by atoms with van der Waals surface area (Å²) >= 11 is 1.48. The van der Waals surface area contributed by atoms with E-state index in [0.717, 1.165) is 16.3 Å². The normalized spacial score (nSPS) is 11.7. The Bertz CT molecular complexity index is 646. The molecular formula is C15H21N3O2S. The highest BCUT2D eigenvalue weighted by Gasteiger charge is 2.23. The fraction of sp³-hybridized carbons (Fsp3) is 0.533. The van der Waals surface area contributed by atoms with Crippen molar-refractivity contribution in [1.29, 1.82) is 0 Å². The number of oxazole rings is 1. The number of carbonyl (C=O) groups is 1. The highest BCUT2D eigenvalue weighted by molar-refractivity contribution is 7.15. The van der Waals surface area contributed by atoms with Gasteiger partial charge in [0.2, 0.25) is 5.91 Å². The molecule has 2 aromatic heterocycles. The van der Waals surface area contributed by atoms with Crippen molar-refractivity contribution in [3.8, 4) is 0 Å². The summed E-state index contributed by atoms with van der Waals surface area (Å²) in [5.74, 6) is 1.13. The van der Waals surface area contributed by atoms with Crippen molar-refractivity contribution in [3.63, 3.8) is 0 Å². The van der Waals surface area contributed by atoms with E-state index in [9.17, 15) is 4.79 Å². The molecule has 0 aliphatic rings. The van der Waals surface area contributed by atoms with Crippen LogP contribution in [0.15, 0.2) is 4.42 Å². The third-order valence-electron chi connectivity index (χ3n) is 3.13. The molecule has 0 unspecified atom stereocenters. The molecule has 6 heteroatoms. The van der Waals surface area contributed by atoms with Gasteiger partial charge < -0.3 is 9.73 Å². The molecule has 0 bridgehead atoms. The van der Waals surface area contributed by atoms with Crippen molar-refractivity contribution in [1.82, 2.24) is 9.97 Å². The first kappa shape index (κ1) is 15.7. The third-order valence-corrected chi connectivity index (χ3v) is 4.12. The Morgan fingerprint density at radius 3 is 2.33 bits per heavy atom. The van der Waals surface area contributed by atoms with Crippen LogP contribution >= 0.6 is 11.3 Å². The van der Waals surface area contributed by atoms with Gasteiger partial charge in [-0.25, -0.2) is 9.97 Å². The predicted octanol–water partition coefficient (Wildman–Crippen LogP) is 3.54. The minimum Gasteiger partial charge on any atom is -0.444 e. The van der Waals surface area contributed by atoms with Crippen LogP contribution in [0.25, 0.3) is 0 Å². The Hall–Kier alpha value is -1.69. The van der Waals surface area contributed by atoms with Crippen molar-refractivity contribution in [2.24, 2.45) is 0 Å². The van der Waals surface area contributed by atoms with E-state index in [-0.39, 0.29) is 17.7 Å². The molecule has 0 atom stereocenters. The van der Waals surface area contributed by atoms with Gasteiger partial charge in [-0.1, -0.05) is 20.8 Å². The van der Waals surface area contributed by atoms with Crippen LogP contribution in [0.3, 0.4) is 0 Å². The monoisotopic (exact) mass is 307 g/mol. The average Bonchev–Trinajstić information content (AvgIpc) is 2.83. The maximum Gasteiger partial charge on any atom is 0.233 e. The van der Waals surface area contributed by atoms with E-state index in [4.69, 9.17) is 4.42 Å². The molecule has 0 saturated heterocycles. The Kier molecular flexibility index (Phi) is 4.18. The number of amides is 1. The topological polar surface area (TPSA) is 68.0 Å². The molecule has 21 heavy (non-hydrogen) atoms. The van der Waals surface area contributed by atoms with E-state index in [1.54, 1.807) is 0 Å². The van der Waals surface area contributed by atoms with Crippen LogP contribution in [-0.4, -0.2) is 15.9 Å². The fourth-order valence-electron chi connectivity index (χ4n) is 1.75. The maximum absolute atomic E-state index is 12.1. The van der Waals surface area contributed by atoms with Gasteiger partial charge in [-0.05, 0) is 20.8 Å². The molecule has 0 aliphatic carbocycles. The summed E-state index contributed by atoms with van der Waals surface area (Å²) in [5.41, 5.74) is 1.55. The SMILES string of the molecule is Cc1nc(C(C)(C)C)oc1CC(=O)Nc1nc(C)c(C)s1. The number of rotatable bonds is 3. The number of hydrogen-bond donors (Lipinski definition) is 1. The van der Waals surface area contributed by atoms with Gasteiger partial charge in [0, 0.05) is 10.3 Å². The van der Waals surface area contributed by atoms with Gasteiger partial charge in [-0.3, -0.25) is 4.79 Å². The minimum atomic E-state index is -0.164. The van der Waals surface area contributed by atoms with Crippen LogP contribution in [-0.2, 0) is 16.6 Å². The number of aryl methyl sites for hydroxylation is 3. The summed E-state index contributed by atoms with van der Waals surface area (Å²) in [6.07, 6.45) is 0.173. The molecule has 0 saturated carbocycles. The zero-order valence-electron chi connectivity index (χ0n) is 13.3. The van der Waals surface area contributed by atoms with Crippen LogP contribution < -0.4 is 5.32 Å². The predicted molar refractivity (Wildman–Crippen MR) is 83.9 cm³/mol. The second-order valence-corrected chi connectivity index (χ2v) is 7.37. The standard InChI is InChI=1S/C15H21N3O2S/c1-8-10(3)21-14(17-8)18-12(19)7-11-9(2)16-13(20-11)15(4,5)6/h7H2,1-6H3,(H,17,18,19). The molecule has 0 aliphatic heterocycles. The zero-order valence-corrected chi connectivity index (χ0v) is 14.1. The van der Waals surface area contributed by atoms with E-state index in [2.05, 4.69) is 15.3 Å². The van der Waals surface area contributed by atoms with Crippen molar-refractivity contribution >= 4 is 22.4 Å². The number of thiazole rings is 1. The summed E-state index contributed by atoms with van der Waals surface area (Å²) < 4.78 is 5.73. The molecule has 2 aromatic rings. The molecule has 0 aromatic carbocycles. The number of carbonyl (C=O) groups excluding carboxylic acids is 1. The molecule has 5 nitrogen and oxygen atoms in total.